The number of allylic oxidation sites excluding steroid dienone is 1. The van der Waals surface area contributed by atoms with Gasteiger partial charge in [0.15, 0.2) is 4.80 Å². The lowest BCUT2D eigenvalue weighted by Crippen LogP contribution is -2.40. The highest BCUT2D eigenvalue weighted by atomic mass is 79.9. The first-order valence-electron chi connectivity index (χ1n) is 12.6. The number of benzene rings is 2. The zero-order valence-electron chi connectivity index (χ0n) is 21.9. The van der Waals surface area contributed by atoms with Crippen LogP contribution in [0.25, 0.3) is 17.4 Å². The molecule has 0 bridgehead atoms. The number of furan rings is 1. The molecule has 2 aromatic carbocycles. The Labute approximate surface area is 237 Å². The summed E-state index contributed by atoms with van der Waals surface area (Å²) < 4.78 is 20.2. The molecule has 7 nitrogen and oxygen atoms in total. The first-order valence-corrected chi connectivity index (χ1v) is 14.2. The van der Waals surface area contributed by atoms with Gasteiger partial charge in [-0.05, 0) is 69.7 Å². The molecule has 9 heteroatoms. The third-order valence-electron chi connectivity index (χ3n) is 6.10. The van der Waals surface area contributed by atoms with E-state index in [1.54, 1.807) is 31.4 Å². The molecule has 0 N–H and O–H groups in total. The summed E-state index contributed by atoms with van der Waals surface area (Å²) in [6, 6.07) is 18.2. The van der Waals surface area contributed by atoms with Crippen molar-refractivity contribution in [3.63, 3.8) is 0 Å². The predicted octanol–water partition coefficient (Wildman–Crippen LogP) is 5.61. The van der Waals surface area contributed by atoms with Crippen LogP contribution in [0.3, 0.4) is 0 Å². The summed E-state index contributed by atoms with van der Waals surface area (Å²) in [6.45, 7) is 7.81. The van der Waals surface area contributed by atoms with Gasteiger partial charge in [-0.2, -0.15) is 0 Å². The van der Waals surface area contributed by atoms with Gasteiger partial charge >= 0.3 is 5.97 Å². The van der Waals surface area contributed by atoms with E-state index in [1.165, 1.54) is 11.3 Å². The number of aromatic nitrogens is 1. The third-order valence-corrected chi connectivity index (χ3v) is 7.58. The van der Waals surface area contributed by atoms with Crippen molar-refractivity contribution in [2.75, 3.05) is 6.61 Å². The number of carbonyl (C=O) groups excluding carboxylic acids is 1. The number of thiazole rings is 1. The summed E-state index contributed by atoms with van der Waals surface area (Å²) in [5.74, 6) is 1.45. The lowest BCUT2D eigenvalue weighted by molar-refractivity contribution is -0.143. The van der Waals surface area contributed by atoms with Crippen LogP contribution in [-0.4, -0.2) is 23.2 Å². The minimum Gasteiger partial charge on any atom is -0.494 e. The van der Waals surface area contributed by atoms with Crippen molar-refractivity contribution >= 4 is 39.3 Å². The summed E-state index contributed by atoms with van der Waals surface area (Å²) in [5.41, 5.74) is 2.26. The van der Waals surface area contributed by atoms with Gasteiger partial charge in [-0.3, -0.25) is 9.36 Å². The van der Waals surface area contributed by atoms with Crippen molar-refractivity contribution in [1.29, 1.82) is 0 Å². The van der Waals surface area contributed by atoms with Gasteiger partial charge in [-0.15, -0.1) is 0 Å². The van der Waals surface area contributed by atoms with E-state index < -0.39 is 12.0 Å². The Bertz CT molecular complexity index is 1740. The maximum absolute atomic E-state index is 13.8. The molecule has 0 radical (unpaired) electrons. The highest BCUT2D eigenvalue weighted by molar-refractivity contribution is 9.10. The Morgan fingerprint density at radius 2 is 1.95 bits per heavy atom. The van der Waals surface area contributed by atoms with Crippen molar-refractivity contribution in [3.05, 3.63) is 107 Å². The number of rotatable bonds is 7. The molecular formula is C30H27BrN2O5S. The molecule has 3 heterocycles. The number of halogens is 1. The van der Waals surface area contributed by atoms with Crippen molar-refractivity contribution < 1.29 is 18.7 Å². The maximum Gasteiger partial charge on any atom is 0.338 e. The fourth-order valence-corrected chi connectivity index (χ4v) is 5.87. The predicted molar refractivity (Wildman–Crippen MR) is 154 cm³/mol. The van der Waals surface area contributed by atoms with Crippen molar-refractivity contribution in [1.82, 2.24) is 4.57 Å². The van der Waals surface area contributed by atoms with Crippen LogP contribution in [0.4, 0.5) is 0 Å². The highest BCUT2D eigenvalue weighted by Crippen LogP contribution is 2.32. The number of hydrogen-bond acceptors (Lipinski definition) is 7. The van der Waals surface area contributed by atoms with Gasteiger partial charge in [-0.1, -0.05) is 51.5 Å². The van der Waals surface area contributed by atoms with Crippen LogP contribution in [-0.2, 0) is 9.53 Å². The smallest absolute Gasteiger partial charge is 0.338 e. The first kappa shape index (κ1) is 26.9. The lowest BCUT2D eigenvalue weighted by Gasteiger charge is -2.25. The largest absolute Gasteiger partial charge is 0.494 e. The number of esters is 1. The molecule has 0 spiro atoms. The second-order valence-corrected chi connectivity index (χ2v) is 11.2. The van der Waals surface area contributed by atoms with Gasteiger partial charge in [0.25, 0.3) is 5.56 Å². The molecule has 0 aliphatic carbocycles. The van der Waals surface area contributed by atoms with E-state index >= 15 is 0 Å². The molecule has 0 amide bonds. The Hall–Kier alpha value is -3.69. The quantitative estimate of drug-likeness (QED) is 0.255. The second kappa shape index (κ2) is 11.2. The molecule has 1 aliphatic heterocycles. The zero-order valence-corrected chi connectivity index (χ0v) is 24.3. The third kappa shape index (κ3) is 5.55. The summed E-state index contributed by atoms with van der Waals surface area (Å²) >= 11 is 4.74. The van der Waals surface area contributed by atoms with E-state index in [1.807, 2.05) is 67.6 Å². The lowest BCUT2D eigenvalue weighted by atomic mass is 9.96. The average molecular weight is 608 g/mol. The number of carbonyl (C=O) groups is 1. The monoisotopic (exact) mass is 606 g/mol. The molecule has 0 saturated carbocycles. The Morgan fingerprint density at radius 1 is 1.18 bits per heavy atom. The highest BCUT2D eigenvalue weighted by Gasteiger charge is 2.33. The fraction of sp³-hybridized carbons (Fsp3) is 0.233. The van der Waals surface area contributed by atoms with Crippen LogP contribution in [0.2, 0.25) is 0 Å². The van der Waals surface area contributed by atoms with Gasteiger partial charge in [0.05, 0.1) is 34.6 Å². The van der Waals surface area contributed by atoms with Crippen molar-refractivity contribution in [3.8, 4) is 17.1 Å². The molecule has 1 atom stereocenters. The standard InChI is InChI=1S/C30H27BrN2O5S/c1-5-36-22-11-9-19(10-12-22)27-26(29(35)37-17(2)3)18(4)32-30-33(27)28(34)25(39-30)16-23-13-14-24(38-23)20-7-6-8-21(31)15-20/h6-17,27H,5H2,1-4H3/b25-16+/t27-/m1/s1. The van der Waals surface area contributed by atoms with Crippen molar-refractivity contribution in [2.24, 2.45) is 4.99 Å². The van der Waals surface area contributed by atoms with Gasteiger partial charge < -0.3 is 13.9 Å². The van der Waals surface area contributed by atoms with E-state index in [-0.39, 0.29) is 11.7 Å². The summed E-state index contributed by atoms with van der Waals surface area (Å²) in [6.07, 6.45) is 1.40. The average Bonchev–Trinajstić information content (AvgIpc) is 3.48. The molecule has 0 saturated heterocycles. The minimum atomic E-state index is -0.695. The number of fused-ring (bicyclic) bond motifs is 1. The van der Waals surface area contributed by atoms with E-state index in [9.17, 15) is 9.59 Å². The maximum atomic E-state index is 13.8. The molecule has 5 rings (SSSR count). The molecule has 4 aromatic rings. The van der Waals surface area contributed by atoms with Crippen LogP contribution in [0.5, 0.6) is 5.75 Å². The molecule has 39 heavy (non-hydrogen) atoms. The number of ether oxygens (including phenoxy) is 2. The van der Waals surface area contributed by atoms with Crippen LogP contribution >= 0.6 is 27.3 Å². The summed E-state index contributed by atoms with van der Waals surface area (Å²) in [5, 5.41) is 0. The Kier molecular flexibility index (Phi) is 7.72. The topological polar surface area (TPSA) is 83.0 Å². The molecule has 0 unspecified atom stereocenters. The number of hydrogen-bond donors (Lipinski definition) is 0. The Morgan fingerprint density at radius 3 is 2.64 bits per heavy atom. The van der Waals surface area contributed by atoms with Crippen LogP contribution in [0, 0.1) is 0 Å². The van der Waals surface area contributed by atoms with Gasteiger partial charge in [0.1, 0.15) is 17.3 Å². The van der Waals surface area contributed by atoms with Gasteiger partial charge in [-0.25, -0.2) is 9.79 Å². The number of nitrogens with zero attached hydrogens (tertiary/aromatic N) is 2. The van der Waals surface area contributed by atoms with E-state index in [0.717, 1.165) is 15.6 Å². The molecule has 0 fully saturated rings. The van der Waals surface area contributed by atoms with E-state index in [4.69, 9.17) is 13.9 Å². The van der Waals surface area contributed by atoms with E-state index in [2.05, 4.69) is 20.9 Å². The second-order valence-electron chi connectivity index (χ2n) is 9.25. The molecular weight excluding hydrogens is 580 g/mol. The van der Waals surface area contributed by atoms with Crippen molar-refractivity contribution in [2.45, 2.75) is 39.8 Å². The molecule has 2 aromatic heterocycles. The van der Waals surface area contributed by atoms with Crippen LogP contribution < -0.4 is 19.6 Å². The summed E-state index contributed by atoms with van der Waals surface area (Å²) in [7, 11) is 0. The first-order chi connectivity index (χ1) is 18.7. The van der Waals surface area contributed by atoms with E-state index in [0.29, 0.717) is 44.5 Å². The molecule has 1 aliphatic rings. The minimum absolute atomic E-state index is 0.264. The van der Waals surface area contributed by atoms with Crippen LogP contribution in [0.15, 0.2) is 90.6 Å². The normalized spacial score (nSPS) is 15.3. The SMILES string of the molecule is CCOc1ccc([C@@H]2C(C(=O)OC(C)C)=C(C)N=c3s/c(=C/c4ccc(-c5cccc(Br)c5)o4)c(=O)n32)cc1. The fourth-order valence-electron chi connectivity index (χ4n) is 4.45. The zero-order chi connectivity index (χ0) is 27.7. The Balaban J connectivity index is 1.62. The van der Waals surface area contributed by atoms with Gasteiger partial charge in [0.2, 0.25) is 0 Å². The molecule has 200 valence electrons. The summed E-state index contributed by atoms with van der Waals surface area (Å²) in [4.78, 5) is 32.2. The van der Waals surface area contributed by atoms with Crippen LogP contribution in [0.1, 0.15) is 45.1 Å². The van der Waals surface area contributed by atoms with Gasteiger partial charge in [0, 0.05) is 16.1 Å².